The summed E-state index contributed by atoms with van der Waals surface area (Å²) in [4.78, 5) is 12.4. The van der Waals surface area contributed by atoms with Crippen LogP contribution in [-0.2, 0) is 0 Å². The van der Waals surface area contributed by atoms with E-state index >= 15 is 0 Å². The summed E-state index contributed by atoms with van der Waals surface area (Å²) in [6.45, 7) is 0. The molecule has 2 aromatic rings. The number of fused-ring (bicyclic) bond motifs is 1. The van der Waals surface area contributed by atoms with Crippen LogP contribution in [0.2, 0.25) is 0 Å². The van der Waals surface area contributed by atoms with Gasteiger partial charge < -0.3 is 14.4 Å². The molecule has 1 aromatic carbocycles. The van der Waals surface area contributed by atoms with Crippen LogP contribution in [0.5, 0.6) is 5.75 Å². The van der Waals surface area contributed by atoms with E-state index in [1.54, 1.807) is 41.1 Å². The van der Waals surface area contributed by atoms with Crippen LogP contribution in [0.25, 0.3) is 0 Å². The number of aliphatic hydroxyl groups is 1. The van der Waals surface area contributed by atoms with Crippen LogP contribution >= 0.6 is 0 Å². The van der Waals surface area contributed by atoms with Gasteiger partial charge in [0.15, 0.2) is 0 Å². The normalized spacial score (nSPS) is 24.2. The minimum absolute atomic E-state index is 0.176. The van der Waals surface area contributed by atoms with Crippen molar-refractivity contribution in [1.82, 2.24) is 4.57 Å². The van der Waals surface area contributed by atoms with Gasteiger partial charge >= 0.3 is 0 Å². The van der Waals surface area contributed by atoms with Crippen molar-refractivity contribution in [1.29, 1.82) is 5.26 Å². The highest BCUT2D eigenvalue weighted by Gasteiger charge is 2.51. The maximum Gasteiger partial charge on any atom is 0.251 e. The Morgan fingerprint density at radius 1 is 1.25 bits per heavy atom. The average Bonchev–Trinajstić information content (AvgIpc) is 3.06. The number of nitriles is 1. The van der Waals surface area contributed by atoms with Crippen LogP contribution in [0.4, 0.5) is 0 Å². The third-order valence-corrected chi connectivity index (χ3v) is 5.21. The van der Waals surface area contributed by atoms with Crippen molar-refractivity contribution in [2.24, 2.45) is 0 Å². The lowest BCUT2D eigenvalue weighted by molar-refractivity contribution is -0.0832. The molecule has 1 N–H and O–H groups in total. The van der Waals surface area contributed by atoms with E-state index in [4.69, 9.17) is 4.74 Å². The largest absolute Gasteiger partial charge is 0.484 e. The van der Waals surface area contributed by atoms with Gasteiger partial charge in [0.05, 0.1) is 17.7 Å². The second-order valence-corrected chi connectivity index (χ2v) is 6.57. The predicted octanol–water partition coefficient (Wildman–Crippen LogP) is 2.38. The topological polar surface area (TPSA) is 75.2 Å². The number of nitrogens with zero attached hydrogens (tertiary/aromatic N) is 2. The van der Waals surface area contributed by atoms with Crippen molar-refractivity contribution in [2.45, 2.75) is 43.4 Å². The maximum absolute atomic E-state index is 12.4. The standard InChI is InChI=1S/C19H18N2O3/c20-12-13-6-7-15-14(11-13)17(21-10-4-1-5-16(21)22)18(23)19(24-15)8-2-3-9-19/h1,4-7,10-11,17-18,23H,2-3,8-9H2/t17-,18+/m1/s1. The van der Waals surface area contributed by atoms with Crippen LogP contribution in [-0.4, -0.2) is 21.4 Å². The van der Waals surface area contributed by atoms with Crippen LogP contribution < -0.4 is 10.3 Å². The first-order chi connectivity index (χ1) is 11.6. The zero-order valence-corrected chi connectivity index (χ0v) is 13.2. The summed E-state index contributed by atoms with van der Waals surface area (Å²) in [5.74, 6) is 0.655. The van der Waals surface area contributed by atoms with Crippen LogP contribution in [0.15, 0.2) is 47.4 Å². The Labute approximate surface area is 139 Å². The van der Waals surface area contributed by atoms with Gasteiger partial charge in [0.1, 0.15) is 17.5 Å². The SMILES string of the molecule is N#Cc1ccc2c(c1)[C@@H](n1ccccc1=O)[C@H](O)C1(CCCC1)O2. The predicted molar refractivity (Wildman–Crippen MR) is 87.8 cm³/mol. The zero-order valence-electron chi connectivity index (χ0n) is 13.2. The molecule has 2 aliphatic rings. The Morgan fingerprint density at radius 3 is 2.75 bits per heavy atom. The summed E-state index contributed by atoms with van der Waals surface area (Å²) in [5, 5.41) is 20.3. The van der Waals surface area contributed by atoms with Gasteiger partial charge in [-0.15, -0.1) is 0 Å². The number of hydrogen-bond acceptors (Lipinski definition) is 4. The van der Waals surface area contributed by atoms with E-state index in [0.717, 1.165) is 25.7 Å². The number of pyridine rings is 1. The first-order valence-corrected chi connectivity index (χ1v) is 8.23. The van der Waals surface area contributed by atoms with E-state index in [1.165, 1.54) is 6.07 Å². The van der Waals surface area contributed by atoms with Crippen LogP contribution in [0.3, 0.4) is 0 Å². The third-order valence-electron chi connectivity index (χ3n) is 5.21. The highest BCUT2D eigenvalue weighted by Crippen LogP contribution is 2.48. The number of rotatable bonds is 1. The van der Waals surface area contributed by atoms with Crippen molar-refractivity contribution < 1.29 is 9.84 Å². The van der Waals surface area contributed by atoms with Crippen LogP contribution in [0, 0.1) is 11.3 Å². The lowest BCUT2D eigenvalue weighted by Crippen LogP contribution is -2.54. The van der Waals surface area contributed by atoms with E-state index in [-0.39, 0.29) is 5.56 Å². The minimum Gasteiger partial charge on any atom is -0.484 e. The summed E-state index contributed by atoms with van der Waals surface area (Å²) < 4.78 is 7.76. The fraction of sp³-hybridized carbons (Fsp3) is 0.368. The number of aliphatic hydroxyl groups excluding tert-OH is 1. The van der Waals surface area contributed by atoms with Crippen LogP contribution in [0.1, 0.15) is 42.9 Å². The summed E-state index contributed by atoms with van der Waals surface area (Å²) in [5.41, 5.74) is 0.347. The molecule has 1 aromatic heterocycles. The van der Waals surface area contributed by atoms with E-state index < -0.39 is 17.7 Å². The number of benzene rings is 1. The molecule has 5 nitrogen and oxygen atoms in total. The summed E-state index contributed by atoms with van der Waals surface area (Å²) in [6.07, 6.45) is 4.39. The third kappa shape index (κ3) is 2.15. The smallest absolute Gasteiger partial charge is 0.251 e. The van der Waals surface area contributed by atoms with Crippen molar-refractivity contribution in [3.05, 3.63) is 64.1 Å². The van der Waals surface area contributed by atoms with E-state index in [1.807, 2.05) is 0 Å². The first kappa shape index (κ1) is 15.0. The number of ether oxygens (including phenoxy) is 1. The fourth-order valence-corrected chi connectivity index (χ4v) is 4.02. The molecule has 2 atom stereocenters. The molecule has 4 rings (SSSR count). The lowest BCUT2D eigenvalue weighted by atomic mass is 9.82. The molecule has 5 heteroatoms. The van der Waals surface area contributed by atoms with Gasteiger partial charge in [0.2, 0.25) is 0 Å². The molecule has 1 spiro atoms. The van der Waals surface area contributed by atoms with E-state index in [2.05, 4.69) is 6.07 Å². The van der Waals surface area contributed by atoms with Gasteiger partial charge in [-0.25, -0.2) is 0 Å². The number of aromatic nitrogens is 1. The quantitative estimate of drug-likeness (QED) is 0.874. The molecule has 0 radical (unpaired) electrons. The molecule has 1 saturated carbocycles. The molecular formula is C19H18N2O3. The zero-order chi connectivity index (χ0) is 16.7. The number of hydrogen-bond donors (Lipinski definition) is 1. The van der Waals surface area contributed by atoms with Gasteiger partial charge in [-0.05, 0) is 49.9 Å². The Balaban J connectivity index is 1.94. The second-order valence-electron chi connectivity index (χ2n) is 6.57. The Morgan fingerprint density at radius 2 is 2.04 bits per heavy atom. The van der Waals surface area contributed by atoms with Crippen molar-refractivity contribution in [3.8, 4) is 11.8 Å². The Hall–Kier alpha value is -2.58. The molecule has 0 saturated heterocycles. The molecular weight excluding hydrogens is 304 g/mol. The molecule has 0 bridgehead atoms. The van der Waals surface area contributed by atoms with Gasteiger partial charge in [-0.3, -0.25) is 4.79 Å². The Kier molecular flexibility index (Phi) is 3.43. The molecule has 1 fully saturated rings. The maximum atomic E-state index is 12.4. The molecule has 0 unspecified atom stereocenters. The van der Waals surface area contributed by atoms with Gasteiger partial charge in [0.25, 0.3) is 5.56 Å². The minimum atomic E-state index is -0.832. The van der Waals surface area contributed by atoms with Gasteiger partial charge in [-0.2, -0.15) is 5.26 Å². The van der Waals surface area contributed by atoms with Gasteiger partial charge in [0, 0.05) is 17.8 Å². The summed E-state index contributed by atoms with van der Waals surface area (Å²) in [7, 11) is 0. The monoisotopic (exact) mass is 322 g/mol. The van der Waals surface area contributed by atoms with Gasteiger partial charge in [-0.1, -0.05) is 6.07 Å². The lowest BCUT2D eigenvalue weighted by Gasteiger charge is -2.44. The summed E-state index contributed by atoms with van der Waals surface area (Å²) in [6, 6.07) is 11.7. The van der Waals surface area contributed by atoms with Crippen molar-refractivity contribution in [2.75, 3.05) is 0 Å². The second kappa shape index (κ2) is 5.50. The van der Waals surface area contributed by atoms with Crippen molar-refractivity contribution in [3.63, 3.8) is 0 Å². The fourth-order valence-electron chi connectivity index (χ4n) is 4.02. The average molecular weight is 322 g/mol. The van der Waals surface area contributed by atoms with E-state index in [9.17, 15) is 15.2 Å². The molecule has 0 amide bonds. The first-order valence-electron chi connectivity index (χ1n) is 8.23. The van der Waals surface area contributed by atoms with E-state index in [0.29, 0.717) is 16.9 Å². The highest BCUT2D eigenvalue weighted by molar-refractivity contribution is 5.47. The van der Waals surface area contributed by atoms with Crippen molar-refractivity contribution >= 4 is 0 Å². The molecule has 122 valence electrons. The molecule has 1 aliphatic heterocycles. The molecule has 24 heavy (non-hydrogen) atoms. The Bertz CT molecular complexity index is 875. The summed E-state index contributed by atoms with van der Waals surface area (Å²) >= 11 is 0. The highest BCUT2D eigenvalue weighted by atomic mass is 16.5. The molecule has 1 aliphatic carbocycles. The molecule has 2 heterocycles.